The minimum absolute atomic E-state index is 0.0288. The number of hydrogen-bond acceptors (Lipinski definition) is 4. The number of nitrogens with zero attached hydrogens (tertiary/aromatic N) is 5. The number of amides is 1. The zero-order valence-electron chi connectivity index (χ0n) is 14.9. The molecule has 0 saturated heterocycles. The summed E-state index contributed by atoms with van der Waals surface area (Å²) in [6.45, 7) is 5.06. The Bertz CT molecular complexity index is 1030. The van der Waals surface area contributed by atoms with Crippen molar-refractivity contribution in [3.05, 3.63) is 63.9 Å². The maximum absolute atomic E-state index is 13.1. The highest BCUT2D eigenvalue weighted by Crippen LogP contribution is 2.26. The fourth-order valence-electron chi connectivity index (χ4n) is 3.29. The minimum Gasteiger partial charge on any atom is -0.327 e. The third-order valence-corrected chi connectivity index (χ3v) is 5.07. The lowest BCUT2D eigenvalue weighted by atomic mass is 10.1. The minimum atomic E-state index is -0.113. The highest BCUT2D eigenvalue weighted by molar-refractivity contribution is 6.30. The van der Waals surface area contributed by atoms with Gasteiger partial charge in [0.05, 0.1) is 5.69 Å². The summed E-state index contributed by atoms with van der Waals surface area (Å²) in [5, 5.41) is 0.813. The molecule has 1 unspecified atom stereocenters. The van der Waals surface area contributed by atoms with Crippen LogP contribution < -0.4 is 0 Å². The van der Waals surface area contributed by atoms with Gasteiger partial charge < -0.3 is 9.47 Å². The molecule has 1 aromatic carbocycles. The predicted octanol–water partition coefficient (Wildman–Crippen LogP) is 4.00. The Morgan fingerprint density at radius 3 is 2.85 bits per heavy atom. The van der Waals surface area contributed by atoms with Crippen molar-refractivity contribution >= 4 is 29.1 Å². The van der Waals surface area contributed by atoms with Gasteiger partial charge in [0, 0.05) is 36.5 Å². The molecule has 0 aliphatic carbocycles. The number of aromatic nitrogens is 4. The van der Waals surface area contributed by atoms with Crippen molar-refractivity contribution in [2.45, 2.75) is 33.0 Å². The van der Waals surface area contributed by atoms with E-state index in [0.29, 0.717) is 35.3 Å². The lowest BCUT2D eigenvalue weighted by Crippen LogP contribution is -2.46. The second-order valence-electron chi connectivity index (χ2n) is 6.68. The molecule has 1 atom stereocenters. The number of imidazole rings is 1. The largest absolute Gasteiger partial charge is 0.327 e. The topological polar surface area (TPSA) is 63.9 Å². The maximum Gasteiger partial charge on any atom is 0.290 e. The summed E-state index contributed by atoms with van der Waals surface area (Å²) >= 11 is 12.0. The van der Waals surface area contributed by atoms with Crippen LogP contribution in [0.3, 0.4) is 0 Å². The zero-order valence-corrected chi connectivity index (χ0v) is 16.4. The normalized spacial score (nSPS) is 16.5. The molecule has 0 saturated carbocycles. The molecule has 0 radical (unpaired) electrons. The van der Waals surface area contributed by atoms with Crippen LogP contribution in [0.25, 0.3) is 11.4 Å². The fraction of sp³-hybridized carbons (Fsp3) is 0.263. The van der Waals surface area contributed by atoms with E-state index >= 15 is 0 Å². The van der Waals surface area contributed by atoms with E-state index in [1.54, 1.807) is 6.20 Å². The Labute approximate surface area is 166 Å². The van der Waals surface area contributed by atoms with Gasteiger partial charge in [0.2, 0.25) is 5.28 Å². The van der Waals surface area contributed by atoms with E-state index in [1.807, 2.05) is 53.8 Å². The molecule has 1 aliphatic heterocycles. The summed E-state index contributed by atoms with van der Waals surface area (Å²) in [5.41, 5.74) is 3.10. The molecule has 1 aliphatic rings. The van der Waals surface area contributed by atoms with Crippen molar-refractivity contribution in [1.82, 2.24) is 24.4 Å². The number of carbonyl (C=O) groups is 1. The number of rotatable bonds is 3. The van der Waals surface area contributed by atoms with Gasteiger partial charge in [-0.3, -0.25) is 4.79 Å². The molecule has 0 bridgehead atoms. The van der Waals surface area contributed by atoms with E-state index in [9.17, 15) is 4.79 Å². The molecule has 3 aromatic rings. The van der Waals surface area contributed by atoms with E-state index in [4.69, 9.17) is 23.2 Å². The first kappa shape index (κ1) is 17.9. The maximum atomic E-state index is 13.1. The lowest BCUT2D eigenvalue weighted by Gasteiger charge is -2.33. The van der Waals surface area contributed by atoms with Crippen molar-refractivity contribution in [3.63, 3.8) is 0 Å². The average Bonchev–Trinajstić information content (AvgIpc) is 3.04. The van der Waals surface area contributed by atoms with Crippen molar-refractivity contribution in [3.8, 4) is 11.4 Å². The zero-order chi connectivity index (χ0) is 19.1. The van der Waals surface area contributed by atoms with Crippen molar-refractivity contribution in [1.29, 1.82) is 0 Å². The van der Waals surface area contributed by atoms with Gasteiger partial charge in [-0.05, 0) is 48.7 Å². The van der Waals surface area contributed by atoms with Gasteiger partial charge in [-0.1, -0.05) is 23.7 Å². The summed E-state index contributed by atoms with van der Waals surface area (Å²) < 4.78 is 1.88. The van der Waals surface area contributed by atoms with E-state index in [0.717, 1.165) is 11.1 Å². The Balaban J connectivity index is 1.67. The van der Waals surface area contributed by atoms with E-state index in [-0.39, 0.29) is 17.2 Å². The first-order chi connectivity index (χ1) is 12.9. The smallest absolute Gasteiger partial charge is 0.290 e. The predicted molar refractivity (Wildman–Crippen MR) is 104 cm³/mol. The number of aryl methyl sites for hydroxylation is 1. The summed E-state index contributed by atoms with van der Waals surface area (Å²) in [4.78, 5) is 27.7. The van der Waals surface area contributed by atoms with Crippen molar-refractivity contribution in [2.75, 3.05) is 0 Å². The van der Waals surface area contributed by atoms with Crippen LogP contribution in [-0.2, 0) is 13.1 Å². The molecule has 1 amide bonds. The third kappa shape index (κ3) is 3.42. The van der Waals surface area contributed by atoms with Crippen LogP contribution in [-0.4, -0.2) is 36.4 Å². The molecule has 27 heavy (non-hydrogen) atoms. The Morgan fingerprint density at radius 2 is 2.07 bits per heavy atom. The molecule has 0 spiro atoms. The number of hydrogen-bond donors (Lipinski definition) is 0. The van der Waals surface area contributed by atoms with Gasteiger partial charge in [-0.2, -0.15) is 0 Å². The summed E-state index contributed by atoms with van der Waals surface area (Å²) in [6.07, 6.45) is 3.50. The lowest BCUT2D eigenvalue weighted by molar-refractivity contribution is 0.0587. The monoisotopic (exact) mass is 401 g/mol. The molecular formula is C19H17Cl2N5O. The van der Waals surface area contributed by atoms with Crippen LogP contribution in [0.1, 0.15) is 28.7 Å². The second-order valence-corrected chi connectivity index (χ2v) is 7.46. The number of fused-ring (bicyclic) bond motifs is 1. The van der Waals surface area contributed by atoms with Crippen LogP contribution in [0.5, 0.6) is 0 Å². The molecule has 3 heterocycles. The molecule has 6 nitrogen and oxygen atoms in total. The van der Waals surface area contributed by atoms with Gasteiger partial charge in [0.1, 0.15) is 5.69 Å². The molecule has 2 aromatic heterocycles. The standard InChI is InChI=1S/C19H17Cl2N5O/c1-11-7-22-19(21)24-16(11)15-10-25-8-12(2)26(18(27)17(25)23-15)9-13-4-3-5-14(20)6-13/h3-7,10,12H,8-9H2,1-2H3. The first-order valence-corrected chi connectivity index (χ1v) is 9.30. The van der Waals surface area contributed by atoms with Gasteiger partial charge in [-0.15, -0.1) is 0 Å². The van der Waals surface area contributed by atoms with E-state index in [1.165, 1.54) is 0 Å². The highest BCUT2D eigenvalue weighted by atomic mass is 35.5. The molecule has 8 heteroatoms. The van der Waals surface area contributed by atoms with Crippen LogP contribution in [0.15, 0.2) is 36.7 Å². The Kier molecular flexibility index (Phi) is 4.61. The summed E-state index contributed by atoms with van der Waals surface area (Å²) in [7, 11) is 0. The number of benzene rings is 1. The van der Waals surface area contributed by atoms with Crippen LogP contribution in [0.2, 0.25) is 10.3 Å². The van der Waals surface area contributed by atoms with Gasteiger partial charge in [0.15, 0.2) is 5.82 Å². The van der Waals surface area contributed by atoms with Crippen LogP contribution >= 0.6 is 23.2 Å². The van der Waals surface area contributed by atoms with Gasteiger partial charge in [-0.25, -0.2) is 15.0 Å². The first-order valence-electron chi connectivity index (χ1n) is 8.54. The van der Waals surface area contributed by atoms with E-state index in [2.05, 4.69) is 15.0 Å². The average molecular weight is 402 g/mol. The van der Waals surface area contributed by atoms with Gasteiger partial charge >= 0.3 is 0 Å². The fourth-order valence-corrected chi connectivity index (χ4v) is 3.64. The second kappa shape index (κ2) is 6.94. The summed E-state index contributed by atoms with van der Waals surface area (Å²) in [5.74, 6) is 0.289. The highest BCUT2D eigenvalue weighted by Gasteiger charge is 2.32. The quantitative estimate of drug-likeness (QED) is 0.622. The third-order valence-electron chi connectivity index (χ3n) is 4.65. The van der Waals surface area contributed by atoms with Crippen LogP contribution in [0, 0.1) is 6.92 Å². The SMILES string of the molecule is Cc1cnc(Cl)nc1-c1cn2c(n1)C(=O)N(Cc1cccc(Cl)c1)C(C)C2. The molecule has 0 fully saturated rings. The molecule has 4 rings (SSSR count). The molecular weight excluding hydrogens is 385 g/mol. The Hall–Kier alpha value is -2.44. The van der Waals surface area contributed by atoms with Crippen molar-refractivity contribution < 1.29 is 4.79 Å². The van der Waals surface area contributed by atoms with Gasteiger partial charge in [0.25, 0.3) is 5.91 Å². The molecule has 0 N–H and O–H groups in total. The number of halogens is 2. The van der Waals surface area contributed by atoms with Crippen LogP contribution in [0.4, 0.5) is 0 Å². The molecule has 138 valence electrons. The Morgan fingerprint density at radius 1 is 1.26 bits per heavy atom. The van der Waals surface area contributed by atoms with Crippen molar-refractivity contribution in [2.24, 2.45) is 0 Å². The number of carbonyl (C=O) groups excluding carboxylic acids is 1. The van der Waals surface area contributed by atoms with E-state index < -0.39 is 0 Å². The summed E-state index contributed by atoms with van der Waals surface area (Å²) in [6, 6.07) is 7.57.